The Morgan fingerprint density at radius 1 is 0.609 bits per heavy atom. The first-order valence-corrected chi connectivity index (χ1v) is 9.73. The summed E-state index contributed by atoms with van der Waals surface area (Å²) >= 11 is 54.5. The van der Waals surface area contributed by atoms with Crippen molar-refractivity contribution in [2.45, 2.75) is 44.8 Å². The van der Waals surface area contributed by atoms with Gasteiger partial charge in [-0.05, 0) is 0 Å². The first-order chi connectivity index (χ1) is 10.4. The van der Waals surface area contributed by atoms with Crippen molar-refractivity contribution in [3.05, 3.63) is 0 Å². The number of halogens is 8. The van der Waals surface area contributed by atoms with Crippen LogP contribution in [-0.4, -0.2) is 63.8 Å². The van der Waals surface area contributed by atoms with Crippen molar-refractivity contribution < 1.29 is 14.3 Å². The molecule has 1 saturated heterocycles. The van der Waals surface area contributed by atoms with E-state index < -0.39 is 50.6 Å². The predicted octanol–water partition coefficient (Wildman–Crippen LogP) is 3.19. The van der Waals surface area contributed by atoms with Crippen LogP contribution >= 0.6 is 92.8 Å². The van der Waals surface area contributed by atoms with E-state index in [1.165, 1.54) is 0 Å². The van der Waals surface area contributed by atoms with Gasteiger partial charge in [0.25, 0.3) is 0 Å². The third kappa shape index (κ3) is 0.670. The third-order valence-electron chi connectivity index (χ3n) is 6.97. The maximum atomic E-state index is 13.1. The number of carbonyl (C=O) groups is 1. The van der Waals surface area contributed by atoms with Crippen molar-refractivity contribution in [3.63, 3.8) is 0 Å². The molecule has 6 saturated carbocycles. The number of ketones is 1. The zero-order valence-electron chi connectivity index (χ0n) is 10.7. The van der Waals surface area contributed by atoms with E-state index in [0.29, 0.717) is 0 Å². The molecule has 7 fully saturated rings. The van der Waals surface area contributed by atoms with Crippen molar-refractivity contribution in [3.8, 4) is 0 Å². The first-order valence-electron chi connectivity index (χ1n) is 6.70. The first kappa shape index (κ1) is 15.9. The minimum Gasteiger partial charge on any atom is -0.344 e. The number of hydrogen-bond donors (Lipinski definition) is 0. The Hall–Kier alpha value is 1.91. The maximum absolute atomic E-state index is 13.1. The van der Waals surface area contributed by atoms with Crippen molar-refractivity contribution in [1.29, 1.82) is 0 Å². The summed E-state index contributed by atoms with van der Waals surface area (Å²) < 4.78 is 11.6. The molecule has 0 amide bonds. The fourth-order valence-corrected chi connectivity index (χ4v) is 13.5. The molecule has 0 unspecified atom stereocenters. The van der Waals surface area contributed by atoms with Gasteiger partial charge in [-0.1, -0.05) is 0 Å². The van der Waals surface area contributed by atoms with Gasteiger partial charge in [0.2, 0.25) is 5.79 Å². The average Bonchev–Trinajstić information content (AvgIpc) is 3.12. The van der Waals surface area contributed by atoms with Crippen LogP contribution in [0, 0.1) is 0 Å². The molecule has 7 rings (SSSR count). The molecule has 0 aromatic carbocycles. The molecule has 1 heterocycles. The van der Waals surface area contributed by atoms with Crippen LogP contribution in [0.25, 0.3) is 0 Å². The molecular weight excluding hydrogens is 476 g/mol. The monoisotopic (exact) mass is 476 g/mol. The summed E-state index contributed by atoms with van der Waals surface area (Å²) in [5, 5.41) is 0. The minimum atomic E-state index is -1.98. The van der Waals surface area contributed by atoms with Crippen molar-refractivity contribution in [1.82, 2.24) is 0 Å². The standard InChI is InChI=1S/C12H4Cl8O3/c13-4-3(21)5(14)7(16)6(4,15)10(19)8(4,17)9(5,18)12(11(7,10)20)22-1-2-23-12/h1-2H2/t4-,5-,6-,7+,8-,9-,10-,11+/m1/s1. The fraction of sp³-hybridized carbons (Fsp3) is 0.917. The SMILES string of the molecule is O=C1[C@@]2(Cl)[C@]3(Cl)[C@]4(Cl)[C@]5(Cl)C6(OCCO6)[C@@](Cl)([C@]1(Cl)[C@@]53Cl)[C@]24Cl. The Kier molecular flexibility index (Phi) is 2.19. The van der Waals surface area contributed by atoms with Crippen LogP contribution in [-0.2, 0) is 14.3 Å². The van der Waals surface area contributed by atoms with Crippen molar-refractivity contribution in [2.24, 2.45) is 0 Å². The summed E-state index contributed by atoms with van der Waals surface area (Å²) in [6.07, 6.45) is 0. The largest absolute Gasteiger partial charge is 0.344 e. The van der Waals surface area contributed by atoms with Crippen LogP contribution in [0.5, 0.6) is 0 Å². The maximum Gasteiger partial charge on any atom is 0.215 e. The van der Waals surface area contributed by atoms with Gasteiger partial charge in [-0.3, -0.25) is 4.79 Å². The predicted molar refractivity (Wildman–Crippen MR) is 88.3 cm³/mol. The summed E-state index contributed by atoms with van der Waals surface area (Å²) in [6, 6.07) is 0. The van der Waals surface area contributed by atoms with Crippen molar-refractivity contribution >= 4 is 98.6 Å². The zero-order chi connectivity index (χ0) is 16.9. The molecule has 4 bridgehead atoms. The van der Waals surface area contributed by atoms with Crippen LogP contribution in [0.2, 0.25) is 0 Å². The number of hydrogen-bond acceptors (Lipinski definition) is 3. The Labute approximate surface area is 170 Å². The third-order valence-corrected chi connectivity index (χ3v) is 14.5. The molecule has 0 aromatic heterocycles. The highest BCUT2D eigenvalue weighted by atomic mass is 35.5. The van der Waals surface area contributed by atoms with Gasteiger partial charge in [-0.15, -0.1) is 92.8 Å². The molecule has 11 heteroatoms. The Morgan fingerprint density at radius 3 is 1.52 bits per heavy atom. The number of alkyl halides is 8. The summed E-state index contributed by atoms with van der Waals surface area (Å²) in [4.78, 5) is -1.14. The van der Waals surface area contributed by atoms with E-state index in [2.05, 4.69) is 0 Å². The van der Waals surface area contributed by atoms with Gasteiger partial charge in [0, 0.05) is 0 Å². The van der Waals surface area contributed by atoms with Gasteiger partial charge in [-0.25, -0.2) is 0 Å². The second-order valence-electron chi connectivity index (χ2n) is 6.91. The second-order valence-corrected chi connectivity index (χ2v) is 11.4. The molecule has 23 heavy (non-hydrogen) atoms. The number of rotatable bonds is 0. The molecular formula is C12H4Cl8O3. The van der Waals surface area contributed by atoms with Gasteiger partial charge in [-0.2, -0.15) is 0 Å². The van der Waals surface area contributed by atoms with E-state index in [1.54, 1.807) is 0 Å². The lowest BCUT2D eigenvalue weighted by Crippen LogP contribution is -3.07. The fourth-order valence-electron chi connectivity index (χ4n) is 6.49. The van der Waals surface area contributed by atoms with E-state index >= 15 is 0 Å². The zero-order valence-corrected chi connectivity index (χ0v) is 16.7. The highest BCUT2D eigenvalue weighted by Gasteiger charge is 3.32. The molecule has 126 valence electrons. The van der Waals surface area contributed by atoms with Crippen LogP contribution in [0.15, 0.2) is 0 Å². The molecule has 1 spiro atoms. The lowest BCUT2D eigenvalue weighted by molar-refractivity contribution is -0.188. The number of ether oxygens (including phenoxy) is 2. The van der Waals surface area contributed by atoms with Gasteiger partial charge >= 0.3 is 0 Å². The van der Waals surface area contributed by atoms with Gasteiger partial charge in [0.15, 0.2) is 20.4 Å². The second kappa shape index (κ2) is 3.17. The van der Waals surface area contributed by atoms with Gasteiger partial charge in [0.05, 0.1) is 13.2 Å². The Bertz CT molecular complexity index is 788. The van der Waals surface area contributed by atoms with Crippen LogP contribution < -0.4 is 0 Å². The number of carbonyl (C=O) groups excluding carboxylic acids is 1. The molecule has 0 radical (unpaired) electrons. The minimum absolute atomic E-state index is 0.168. The summed E-state index contributed by atoms with van der Waals surface area (Å²) in [5.41, 5.74) is 0. The highest BCUT2D eigenvalue weighted by Crippen LogP contribution is 3.09. The van der Waals surface area contributed by atoms with Crippen molar-refractivity contribution in [2.75, 3.05) is 13.2 Å². The molecule has 0 N–H and O–H groups in total. The van der Waals surface area contributed by atoms with Crippen LogP contribution in [0.1, 0.15) is 0 Å². The van der Waals surface area contributed by atoms with E-state index in [1.807, 2.05) is 0 Å². The summed E-state index contributed by atoms with van der Waals surface area (Å²) in [7, 11) is 0. The molecule has 8 atom stereocenters. The molecule has 0 aromatic rings. The van der Waals surface area contributed by atoms with Gasteiger partial charge in [0.1, 0.15) is 24.4 Å². The normalized spacial score (nSPS) is 77.8. The lowest BCUT2D eigenvalue weighted by Gasteiger charge is -2.84. The molecule has 1 aliphatic heterocycles. The smallest absolute Gasteiger partial charge is 0.215 e. The van der Waals surface area contributed by atoms with E-state index in [9.17, 15) is 4.79 Å². The summed E-state index contributed by atoms with van der Waals surface area (Å²) in [6.45, 7) is 0.336. The lowest BCUT2D eigenvalue weighted by atomic mass is 9.37. The Morgan fingerprint density at radius 2 is 1.00 bits per heavy atom. The van der Waals surface area contributed by atoms with Crippen LogP contribution in [0.4, 0.5) is 0 Å². The topological polar surface area (TPSA) is 35.5 Å². The van der Waals surface area contributed by atoms with E-state index in [-0.39, 0.29) is 13.2 Å². The molecule has 3 nitrogen and oxygen atoms in total. The Balaban J connectivity index is 1.89. The van der Waals surface area contributed by atoms with E-state index in [0.717, 1.165) is 0 Å². The van der Waals surface area contributed by atoms with Crippen LogP contribution in [0.3, 0.4) is 0 Å². The summed E-state index contributed by atoms with van der Waals surface area (Å²) in [5.74, 6) is -2.45. The molecule has 7 aliphatic rings. The average molecular weight is 480 g/mol. The highest BCUT2D eigenvalue weighted by molar-refractivity contribution is 6.79. The number of Topliss-reactive ketones (excluding diaryl/α,β-unsaturated/α-hetero) is 1. The molecule has 6 aliphatic carbocycles. The van der Waals surface area contributed by atoms with Gasteiger partial charge < -0.3 is 9.47 Å². The quantitative estimate of drug-likeness (QED) is 0.501. The van der Waals surface area contributed by atoms with E-state index in [4.69, 9.17) is 102 Å².